The molecule has 0 unspecified atom stereocenters. The van der Waals surface area contributed by atoms with E-state index in [0.717, 1.165) is 6.26 Å². The number of anilines is 3. The third kappa shape index (κ3) is 4.09. The summed E-state index contributed by atoms with van der Waals surface area (Å²) in [7, 11) is -3.63. The molecule has 4 rings (SSSR count). The number of nitrogen functional groups attached to an aromatic ring is 2. The van der Waals surface area contributed by atoms with Gasteiger partial charge in [0.2, 0.25) is 21.8 Å². The molecule has 0 atom stereocenters. The van der Waals surface area contributed by atoms with Gasteiger partial charge in [0.15, 0.2) is 22.9 Å². The van der Waals surface area contributed by atoms with Gasteiger partial charge in [0, 0.05) is 0 Å². The van der Waals surface area contributed by atoms with Crippen molar-refractivity contribution < 1.29 is 12.8 Å². The summed E-state index contributed by atoms with van der Waals surface area (Å²) in [6.07, 6.45) is 2.30. The van der Waals surface area contributed by atoms with E-state index in [0.29, 0.717) is 11.1 Å². The Morgan fingerprint density at radius 2 is 1.87 bits per heavy atom. The van der Waals surface area contributed by atoms with E-state index >= 15 is 0 Å². The van der Waals surface area contributed by atoms with Crippen molar-refractivity contribution in [2.45, 2.75) is 0 Å². The summed E-state index contributed by atoms with van der Waals surface area (Å²) < 4.78 is 31.5. The van der Waals surface area contributed by atoms with Crippen molar-refractivity contribution in [3.05, 3.63) is 36.0 Å². The Morgan fingerprint density at radius 3 is 2.52 bits per heavy atom. The molecule has 3 aromatic heterocycles. The van der Waals surface area contributed by atoms with Crippen LogP contribution in [0.25, 0.3) is 17.1 Å². The Balaban J connectivity index is 1.67. The van der Waals surface area contributed by atoms with Crippen molar-refractivity contribution >= 4 is 50.2 Å². The van der Waals surface area contributed by atoms with Crippen LogP contribution in [0, 0.1) is 11.3 Å². The average molecular weight is 439 g/mol. The van der Waals surface area contributed by atoms with Crippen molar-refractivity contribution in [3.8, 4) is 12.1 Å². The largest absolute Gasteiger partial charge is 0.422 e. The Bertz CT molecular complexity index is 1420. The number of azo groups is 1. The molecular formula is C16H13N11O3S. The summed E-state index contributed by atoms with van der Waals surface area (Å²) in [5.41, 5.74) is 12.7. The third-order valence-corrected chi connectivity index (χ3v) is 4.31. The summed E-state index contributed by atoms with van der Waals surface area (Å²) in [5, 5.41) is 21.3. The van der Waals surface area contributed by atoms with E-state index in [4.69, 9.17) is 15.9 Å². The van der Waals surface area contributed by atoms with Crippen LogP contribution in [-0.2, 0) is 10.0 Å². The van der Waals surface area contributed by atoms with Gasteiger partial charge in [0.25, 0.3) is 0 Å². The number of sulfonamides is 1. The van der Waals surface area contributed by atoms with Crippen molar-refractivity contribution in [1.82, 2.24) is 24.7 Å². The van der Waals surface area contributed by atoms with Crippen molar-refractivity contribution in [1.29, 1.82) is 5.26 Å². The van der Waals surface area contributed by atoms with Crippen molar-refractivity contribution in [3.63, 3.8) is 0 Å². The topological polar surface area (TPSA) is 216 Å². The number of aromatic nitrogens is 5. The lowest BCUT2D eigenvalue weighted by atomic mass is 10.3. The van der Waals surface area contributed by atoms with Gasteiger partial charge in [-0.1, -0.05) is 12.1 Å². The van der Waals surface area contributed by atoms with E-state index in [9.17, 15) is 13.7 Å². The maximum Gasteiger partial charge on any atom is 0.323 e. The zero-order chi connectivity index (χ0) is 22.2. The van der Waals surface area contributed by atoms with Crippen LogP contribution < -0.4 is 16.2 Å². The molecule has 1 aromatic carbocycles. The van der Waals surface area contributed by atoms with Gasteiger partial charge >= 0.3 is 6.01 Å². The summed E-state index contributed by atoms with van der Waals surface area (Å²) in [6.45, 7) is 0. The molecule has 15 heteroatoms. The van der Waals surface area contributed by atoms with Gasteiger partial charge in [0.05, 0.1) is 12.5 Å². The van der Waals surface area contributed by atoms with Crippen molar-refractivity contribution in [2.24, 2.45) is 10.2 Å². The third-order valence-electron chi connectivity index (χ3n) is 3.75. The van der Waals surface area contributed by atoms with Gasteiger partial charge in [-0.25, -0.2) is 8.42 Å². The molecular weight excluding hydrogens is 426 g/mol. The summed E-state index contributed by atoms with van der Waals surface area (Å²) in [5.74, 6) is -0.810. The number of nitrogens with zero attached hydrogens (tertiary/aromatic N) is 8. The Morgan fingerprint density at radius 1 is 1.16 bits per heavy atom. The quantitative estimate of drug-likeness (QED) is 0.381. The van der Waals surface area contributed by atoms with Crippen LogP contribution in [-0.4, -0.2) is 39.4 Å². The van der Waals surface area contributed by atoms with Gasteiger partial charge in [-0.3, -0.25) is 4.72 Å². The van der Waals surface area contributed by atoms with E-state index in [1.807, 2.05) is 12.1 Å². The molecule has 0 spiro atoms. The number of para-hydroxylation sites is 2. The highest BCUT2D eigenvalue weighted by molar-refractivity contribution is 7.91. The molecule has 0 aliphatic heterocycles. The maximum absolute atomic E-state index is 11.3. The summed E-state index contributed by atoms with van der Waals surface area (Å²) in [6, 6.07) is 9.21. The molecule has 31 heavy (non-hydrogen) atoms. The fraction of sp³-hybridized carbons (Fsp3) is 0.0625. The summed E-state index contributed by atoms with van der Waals surface area (Å²) in [4.78, 5) is 11.8. The first-order valence-electron chi connectivity index (χ1n) is 8.42. The predicted molar refractivity (Wildman–Crippen MR) is 109 cm³/mol. The molecule has 14 nitrogen and oxygen atoms in total. The molecule has 156 valence electrons. The first-order valence-corrected chi connectivity index (χ1v) is 10.3. The van der Waals surface area contributed by atoms with Crippen molar-refractivity contribution in [2.75, 3.05) is 22.4 Å². The lowest BCUT2D eigenvalue weighted by Crippen LogP contribution is -2.14. The number of fused-ring (bicyclic) bond motifs is 1. The fourth-order valence-electron chi connectivity index (χ4n) is 2.48. The molecule has 0 radical (unpaired) electrons. The normalized spacial score (nSPS) is 11.7. The van der Waals surface area contributed by atoms with Gasteiger partial charge in [0.1, 0.15) is 17.1 Å². The average Bonchev–Trinajstić information content (AvgIpc) is 3.29. The van der Waals surface area contributed by atoms with Crippen LogP contribution in [0.5, 0.6) is 0 Å². The number of oxazole rings is 1. The SMILES string of the molecule is CS(=O)(=O)Nc1nc(N)c(N=Nc2nn(-c3nc4ccccc4o3)cc2C#N)c(N)n1. The zero-order valence-corrected chi connectivity index (χ0v) is 16.6. The van der Waals surface area contributed by atoms with E-state index in [-0.39, 0.29) is 40.7 Å². The Labute approximate surface area is 174 Å². The molecule has 0 fully saturated rings. The smallest absolute Gasteiger partial charge is 0.323 e. The monoisotopic (exact) mass is 439 g/mol. The molecule has 0 aliphatic rings. The van der Waals surface area contributed by atoms with E-state index < -0.39 is 10.0 Å². The minimum atomic E-state index is -3.63. The molecule has 0 aliphatic carbocycles. The molecule has 4 aromatic rings. The second-order valence-corrected chi connectivity index (χ2v) is 7.88. The summed E-state index contributed by atoms with van der Waals surface area (Å²) >= 11 is 0. The number of benzene rings is 1. The second kappa shape index (κ2) is 7.35. The molecule has 5 N–H and O–H groups in total. The standard InChI is InChI=1S/C16H13N11O3S/c1-31(28,29)26-15-21-12(18)11(13(19)22-15)23-24-14-8(6-17)7-27(25-14)16-20-9-4-2-3-5-10(9)30-16/h2-5,7H,1H3,(H5,18,19,21,22,26). The molecule has 0 saturated heterocycles. The maximum atomic E-state index is 11.3. The van der Waals surface area contributed by atoms with Crippen LogP contribution in [0.4, 0.5) is 29.1 Å². The number of rotatable bonds is 5. The zero-order valence-electron chi connectivity index (χ0n) is 15.8. The van der Waals surface area contributed by atoms with Crippen LogP contribution in [0.15, 0.2) is 45.1 Å². The Hall–Kier alpha value is -4.58. The first-order chi connectivity index (χ1) is 14.7. The van der Waals surface area contributed by atoms with Gasteiger partial charge in [-0.15, -0.1) is 15.3 Å². The van der Waals surface area contributed by atoms with Crippen LogP contribution in [0.3, 0.4) is 0 Å². The van der Waals surface area contributed by atoms with Gasteiger partial charge < -0.3 is 15.9 Å². The lowest BCUT2D eigenvalue weighted by molar-refractivity contribution is 0.543. The second-order valence-electron chi connectivity index (χ2n) is 6.13. The highest BCUT2D eigenvalue weighted by Gasteiger charge is 2.16. The molecule has 0 bridgehead atoms. The van der Waals surface area contributed by atoms with Crippen LogP contribution in [0.1, 0.15) is 5.56 Å². The van der Waals surface area contributed by atoms with E-state index in [2.05, 4.69) is 35.0 Å². The highest BCUT2D eigenvalue weighted by Crippen LogP contribution is 2.30. The highest BCUT2D eigenvalue weighted by atomic mass is 32.2. The number of hydrogen-bond donors (Lipinski definition) is 3. The van der Waals surface area contributed by atoms with Crippen LogP contribution >= 0.6 is 0 Å². The fourth-order valence-corrected chi connectivity index (χ4v) is 2.90. The predicted octanol–water partition coefficient (Wildman–Crippen LogP) is 1.63. The number of hydrogen-bond acceptors (Lipinski definition) is 12. The first kappa shape index (κ1) is 19.7. The number of nitrogens with one attached hydrogen (secondary N) is 1. The molecule has 0 amide bonds. The van der Waals surface area contributed by atoms with E-state index in [1.165, 1.54) is 10.9 Å². The van der Waals surface area contributed by atoms with E-state index in [1.54, 1.807) is 18.2 Å². The molecule has 3 heterocycles. The Kier molecular flexibility index (Phi) is 4.68. The molecule has 0 saturated carbocycles. The minimum Gasteiger partial charge on any atom is -0.422 e. The van der Waals surface area contributed by atoms with Gasteiger partial charge in [-0.2, -0.15) is 24.9 Å². The lowest BCUT2D eigenvalue weighted by Gasteiger charge is -2.06. The van der Waals surface area contributed by atoms with Gasteiger partial charge in [-0.05, 0) is 12.1 Å². The minimum absolute atomic E-state index is 0.0538. The number of nitriles is 1. The van der Waals surface area contributed by atoms with Crippen LogP contribution in [0.2, 0.25) is 0 Å². The number of nitrogens with two attached hydrogens (primary N) is 2.